The molecular weight excluding hydrogens is 467 g/mol. The van der Waals surface area contributed by atoms with Crippen LogP contribution in [0.3, 0.4) is 0 Å². The molecular formula is C21H31IN4O2. The standard InChI is InChI=1S/C21H30N4O2.HI/c1-5-22-20(25-21(2,3)4)24-16-17-11-12-19(23-15-17)27-14-13-26-18-9-7-6-8-10-18;/h6-12,15H,5,13-14,16H2,1-4H3,(H2,22,24,25);1H. The summed E-state index contributed by atoms with van der Waals surface area (Å²) in [4.78, 5) is 8.94. The molecule has 0 aliphatic rings. The zero-order valence-electron chi connectivity index (χ0n) is 17.1. The Morgan fingerprint density at radius 3 is 2.36 bits per heavy atom. The number of hydrogen-bond acceptors (Lipinski definition) is 4. The van der Waals surface area contributed by atoms with Gasteiger partial charge in [0, 0.05) is 24.3 Å². The number of nitrogens with one attached hydrogen (secondary N) is 2. The van der Waals surface area contributed by atoms with Gasteiger partial charge in [0.1, 0.15) is 19.0 Å². The first kappa shape index (κ1) is 24.0. The van der Waals surface area contributed by atoms with Crippen molar-refractivity contribution in [2.75, 3.05) is 19.8 Å². The molecule has 0 spiro atoms. The van der Waals surface area contributed by atoms with Crippen molar-refractivity contribution in [1.82, 2.24) is 15.6 Å². The van der Waals surface area contributed by atoms with Gasteiger partial charge in [-0.1, -0.05) is 24.3 Å². The molecule has 0 aliphatic carbocycles. The Labute approximate surface area is 185 Å². The first-order chi connectivity index (χ1) is 13.0. The van der Waals surface area contributed by atoms with E-state index < -0.39 is 0 Å². The highest BCUT2D eigenvalue weighted by Crippen LogP contribution is 2.10. The first-order valence-corrected chi connectivity index (χ1v) is 9.28. The molecule has 0 atom stereocenters. The van der Waals surface area contributed by atoms with Gasteiger partial charge in [0.2, 0.25) is 5.88 Å². The number of para-hydroxylation sites is 1. The maximum Gasteiger partial charge on any atom is 0.213 e. The Kier molecular flexibility index (Phi) is 10.7. The Balaban J connectivity index is 0.00000392. The molecule has 0 saturated heterocycles. The van der Waals surface area contributed by atoms with Crippen LogP contribution in [-0.4, -0.2) is 36.2 Å². The maximum absolute atomic E-state index is 5.62. The van der Waals surface area contributed by atoms with Crippen LogP contribution in [0.15, 0.2) is 53.7 Å². The summed E-state index contributed by atoms with van der Waals surface area (Å²) in [5, 5.41) is 6.61. The lowest BCUT2D eigenvalue weighted by Crippen LogP contribution is -2.47. The van der Waals surface area contributed by atoms with Gasteiger partial charge >= 0.3 is 0 Å². The molecule has 7 heteroatoms. The van der Waals surface area contributed by atoms with Crippen molar-refractivity contribution in [3.8, 4) is 11.6 Å². The Morgan fingerprint density at radius 2 is 1.75 bits per heavy atom. The number of hydrogen-bond donors (Lipinski definition) is 2. The highest BCUT2D eigenvalue weighted by atomic mass is 127. The predicted octanol–water partition coefficient (Wildman–Crippen LogP) is 4.01. The number of rotatable bonds is 8. The van der Waals surface area contributed by atoms with Crippen molar-refractivity contribution in [2.24, 2.45) is 4.99 Å². The summed E-state index contributed by atoms with van der Waals surface area (Å²) < 4.78 is 11.2. The predicted molar refractivity (Wildman–Crippen MR) is 125 cm³/mol. The van der Waals surface area contributed by atoms with Gasteiger partial charge in [-0.05, 0) is 45.4 Å². The summed E-state index contributed by atoms with van der Waals surface area (Å²) in [6.07, 6.45) is 1.79. The van der Waals surface area contributed by atoms with Crippen molar-refractivity contribution in [2.45, 2.75) is 39.8 Å². The quantitative estimate of drug-likeness (QED) is 0.249. The van der Waals surface area contributed by atoms with Crippen molar-refractivity contribution < 1.29 is 9.47 Å². The monoisotopic (exact) mass is 498 g/mol. The molecule has 1 aromatic carbocycles. The highest BCUT2D eigenvalue weighted by molar-refractivity contribution is 14.0. The summed E-state index contributed by atoms with van der Waals surface area (Å²) in [5.41, 5.74) is 0.979. The van der Waals surface area contributed by atoms with E-state index in [-0.39, 0.29) is 29.5 Å². The molecule has 1 aromatic heterocycles. The molecule has 0 fully saturated rings. The van der Waals surface area contributed by atoms with Gasteiger partial charge in [-0.3, -0.25) is 0 Å². The third-order valence-electron chi connectivity index (χ3n) is 3.40. The third kappa shape index (κ3) is 9.77. The van der Waals surface area contributed by atoms with E-state index in [0.717, 1.165) is 23.8 Å². The van der Waals surface area contributed by atoms with E-state index in [1.54, 1.807) is 6.20 Å². The summed E-state index contributed by atoms with van der Waals surface area (Å²) in [5.74, 6) is 2.21. The topological polar surface area (TPSA) is 67.8 Å². The summed E-state index contributed by atoms with van der Waals surface area (Å²) >= 11 is 0. The maximum atomic E-state index is 5.62. The van der Waals surface area contributed by atoms with Gasteiger partial charge in [-0.2, -0.15) is 0 Å². The molecule has 0 bridgehead atoms. The number of aromatic nitrogens is 1. The smallest absolute Gasteiger partial charge is 0.213 e. The van der Waals surface area contributed by atoms with Crippen molar-refractivity contribution in [3.63, 3.8) is 0 Å². The lowest BCUT2D eigenvalue weighted by Gasteiger charge is -2.23. The molecule has 1 heterocycles. The fraction of sp³-hybridized carbons (Fsp3) is 0.429. The van der Waals surface area contributed by atoms with Crippen LogP contribution < -0.4 is 20.1 Å². The molecule has 0 aliphatic heterocycles. The number of pyridine rings is 1. The second kappa shape index (κ2) is 12.4. The number of guanidine groups is 1. The van der Waals surface area contributed by atoms with E-state index in [1.165, 1.54) is 0 Å². The Hall–Kier alpha value is -2.03. The van der Waals surface area contributed by atoms with Crippen molar-refractivity contribution >= 4 is 29.9 Å². The normalized spacial score (nSPS) is 11.4. The lowest BCUT2D eigenvalue weighted by molar-refractivity contribution is 0.212. The minimum Gasteiger partial charge on any atom is -0.490 e. The minimum atomic E-state index is -0.0429. The Bertz CT molecular complexity index is 701. The highest BCUT2D eigenvalue weighted by Gasteiger charge is 2.11. The van der Waals surface area contributed by atoms with Crippen LogP contribution in [0.4, 0.5) is 0 Å². The molecule has 0 saturated carbocycles. The van der Waals surface area contributed by atoms with Crippen LogP contribution in [0.2, 0.25) is 0 Å². The van der Waals surface area contributed by atoms with E-state index >= 15 is 0 Å². The molecule has 2 aromatic rings. The molecule has 0 amide bonds. The second-order valence-electron chi connectivity index (χ2n) is 7.08. The molecule has 154 valence electrons. The van der Waals surface area contributed by atoms with Crippen LogP contribution >= 0.6 is 24.0 Å². The molecule has 0 unspecified atom stereocenters. The number of aliphatic imine (C=N–C) groups is 1. The second-order valence-corrected chi connectivity index (χ2v) is 7.08. The molecule has 2 N–H and O–H groups in total. The number of ether oxygens (including phenoxy) is 2. The Morgan fingerprint density at radius 1 is 1.04 bits per heavy atom. The largest absolute Gasteiger partial charge is 0.490 e. The van der Waals surface area contributed by atoms with Crippen LogP contribution in [0.5, 0.6) is 11.6 Å². The van der Waals surface area contributed by atoms with Crippen LogP contribution in [-0.2, 0) is 6.54 Å². The number of nitrogens with zero attached hydrogens (tertiary/aromatic N) is 2. The minimum absolute atomic E-state index is 0. The zero-order chi connectivity index (χ0) is 19.5. The molecule has 28 heavy (non-hydrogen) atoms. The zero-order valence-corrected chi connectivity index (χ0v) is 19.4. The number of benzene rings is 1. The van der Waals surface area contributed by atoms with Crippen LogP contribution in [0, 0.1) is 0 Å². The van der Waals surface area contributed by atoms with Crippen molar-refractivity contribution in [3.05, 3.63) is 54.2 Å². The van der Waals surface area contributed by atoms with Gasteiger partial charge in [0.25, 0.3) is 0 Å². The average molecular weight is 498 g/mol. The fourth-order valence-corrected chi connectivity index (χ4v) is 2.24. The van der Waals surface area contributed by atoms with E-state index in [0.29, 0.717) is 25.6 Å². The van der Waals surface area contributed by atoms with E-state index in [9.17, 15) is 0 Å². The first-order valence-electron chi connectivity index (χ1n) is 9.28. The average Bonchev–Trinajstić information content (AvgIpc) is 2.64. The van der Waals surface area contributed by atoms with Crippen LogP contribution in [0.25, 0.3) is 0 Å². The number of halogens is 1. The fourth-order valence-electron chi connectivity index (χ4n) is 2.24. The van der Waals surface area contributed by atoms with E-state index in [1.807, 2.05) is 42.5 Å². The molecule has 2 rings (SSSR count). The van der Waals surface area contributed by atoms with E-state index in [2.05, 4.69) is 48.3 Å². The van der Waals surface area contributed by atoms with E-state index in [4.69, 9.17) is 9.47 Å². The van der Waals surface area contributed by atoms with Gasteiger partial charge < -0.3 is 20.1 Å². The van der Waals surface area contributed by atoms with Crippen molar-refractivity contribution in [1.29, 1.82) is 0 Å². The van der Waals surface area contributed by atoms with Gasteiger partial charge in [-0.25, -0.2) is 9.98 Å². The van der Waals surface area contributed by atoms with Crippen LogP contribution in [0.1, 0.15) is 33.3 Å². The van der Waals surface area contributed by atoms with Gasteiger partial charge in [-0.15, -0.1) is 24.0 Å². The summed E-state index contributed by atoms with van der Waals surface area (Å²) in [6, 6.07) is 13.5. The summed E-state index contributed by atoms with van der Waals surface area (Å²) in [6.45, 7) is 10.7. The lowest BCUT2D eigenvalue weighted by atomic mass is 10.1. The SMILES string of the molecule is CCNC(=NCc1ccc(OCCOc2ccccc2)nc1)NC(C)(C)C.I. The van der Waals surface area contributed by atoms with Gasteiger partial charge in [0.05, 0.1) is 6.54 Å². The molecule has 0 radical (unpaired) electrons. The molecule has 6 nitrogen and oxygen atoms in total. The van der Waals surface area contributed by atoms with Gasteiger partial charge in [0.15, 0.2) is 5.96 Å². The third-order valence-corrected chi connectivity index (χ3v) is 3.40. The summed E-state index contributed by atoms with van der Waals surface area (Å²) in [7, 11) is 0.